The Kier molecular flexibility index (Phi) is 6.36. The second-order valence-electron chi connectivity index (χ2n) is 5.22. The quantitative estimate of drug-likeness (QED) is 0.794. The van der Waals surface area contributed by atoms with E-state index in [1.54, 1.807) is 6.20 Å². The minimum absolute atomic E-state index is 0.0651. The second-order valence-corrected chi connectivity index (χ2v) is 5.22. The van der Waals surface area contributed by atoms with E-state index in [4.69, 9.17) is 4.74 Å². The van der Waals surface area contributed by atoms with Crippen LogP contribution in [0.15, 0.2) is 60.3 Å². The third-order valence-corrected chi connectivity index (χ3v) is 3.38. The fourth-order valence-corrected chi connectivity index (χ4v) is 2.13. The number of nitrogens with one attached hydrogen (secondary N) is 1. The third kappa shape index (κ3) is 5.25. The predicted octanol–water partition coefficient (Wildman–Crippen LogP) is 3.63. The van der Waals surface area contributed by atoms with Crippen LogP contribution in [0.2, 0.25) is 0 Å². The van der Waals surface area contributed by atoms with Crippen LogP contribution in [-0.4, -0.2) is 10.9 Å². The number of carbonyl (C=O) groups is 1. The summed E-state index contributed by atoms with van der Waals surface area (Å²) in [6.45, 7) is 4.67. The van der Waals surface area contributed by atoms with Crippen LogP contribution in [0.3, 0.4) is 0 Å². The van der Waals surface area contributed by atoms with Gasteiger partial charge in [-0.3, -0.25) is 4.79 Å². The zero-order chi connectivity index (χ0) is 16.5. The Morgan fingerprint density at radius 3 is 2.74 bits per heavy atom. The first-order valence-corrected chi connectivity index (χ1v) is 7.76. The van der Waals surface area contributed by atoms with Gasteiger partial charge in [-0.25, -0.2) is 4.98 Å². The van der Waals surface area contributed by atoms with Crippen molar-refractivity contribution in [1.29, 1.82) is 0 Å². The summed E-state index contributed by atoms with van der Waals surface area (Å²) in [6, 6.07) is 13.7. The molecule has 0 bridgehead atoms. The highest BCUT2D eigenvalue weighted by atomic mass is 16.5. The lowest BCUT2D eigenvalue weighted by Gasteiger charge is -2.11. The third-order valence-electron chi connectivity index (χ3n) is 3.38. The summed E-state index contributed by atoms with van der Waals surface area (Å²) in [5.41, 5.74) is 2.67. The monoisotopic (exact) mass is 310 g/mol. The molecule has 0 aliphatic heterocycles. The standard InChI is InChI=1S/C19H22N2O2/c1-3-8-15(2)18(22)21-13-17-11-7-12-20-19(17)23-14-16-9-5-4-6-10-16/h4-12H,3,13-14H2,1-2H3,(H,21,22)/b15-8+. The first-order valence-electron chi connectivity index (χ1n) is 7.76. The van der Waals surface area contributed by atoms with Crippen LogP contribution in [-0.2, 0) is 17.9 Å². The van der Waals surface area contributed by atoms with Crippen molar-refractivity contribution in [3.05, 3.63) is 71.4 Å². The topological polar surface area (TPSA) is 51.2 Å². The largest absolute Gasteiger partial charge is 0.473 e. The smallest absolute Gasteiger partial charge is 0.246 e. The summed E-state index contributed by atoms with van der Waals surface area (Å²) in [5, 5.41) is 2.89. The molecule has 0 radical (unpaired) electrons. The molecule has 0 aliphatic carbocycles. The first-order chi connectivity index (χ1) is 11.2. The van der Waals surface area contributed by atoms with Crippen molar-refractivity contribution in [2.24, 2.45) is 0 Å². The van der Waals surface area contributed by atoms with Gasteiger partial charge in [0.2, 0.25) is 11.8 Å². The van der Waals surface area contributed by atoms with Crippen molar-refractivity contribution >= 4 is 5.91 Å². The Morgan fingerprint density at radius 2 is 2.00 bits per heavy atom. The molecule has 1 heterocycles. The van der Waals surface area contributed by atoms with Gasteiger partial charge in [-0.15, -0.1) is 0 Å². The zero-order valence-electron chi connectivity index (χ0n) is 13.6. The average Bonchev–Trinajstić information content (AvgIpc) is 2.59. The molecule has 4 nitrogen and oxygen atoms in total. The van der Waals surface area contributed by atoms with Crippen LogP contribution in [0.5, 0.6) is 5.88 Å². The highest BCUT2D eigenvalue weighted by Gasteiger charge is 2.08. The van der Waals surface area contributed by atoms with E-state index in [-0.39, 0.29) is 5.91 Å². The molecule has 23 heavy (non-hydrogen) atoms. The molecule has 2 aromatic rings. The maximum absolute atomic E-state index is 12.0. The molecule has 0 spiro atoms. The number of nitrogens with zero attached hydrogens (tertiary/aromatic N) is 1. The molecular weight excluding hydrogens is 288 g/mol. The lowest BCUT2D eigenvalue weighted by atomic mass is 10.2. The molecule has 0 atom stereocenters. The number of allylic oxidation sites excluding steroid dienone is 1. The minimum atomic E-state index is -0.0651. The Balaban J connectivity index is 1.97. The van der Waals surface area contributed by atoms with Gasteiger partial charge in [-0.05, 0) is 25.0 Å². The van der Waals surface area contributed by atoms with Crippen LogP contribution < -0.4 is 10.1 Å². The number of carbonyl (C=O) groups excluding carboxylic acids is 1. The molecule has 1 aromatic heterocycles. The van der Waals surface area contributed by atoms with Gasteiger partial charge in [0.25, 0.3) is 0 Å². The Morgan fingerprint density at radius 1 is 1.22 bits per heavy atom. The summed E-state index contributed by atoms with van der Waals surface area (Å²) in [6.07, 6.45) is 4.44. The van der Waals surface area contributed by atoms with E-state index in [2.05, 4.69) is 10.3 Å². The number of hydrogen-bond donors (Lipinski definition) is 1. The number of hydrogen-bond acceptors (Lipinski definition) is 3. The molecule has 0 saturated heterocycles. The van der Waals surface area contributed by atoms with Gasteiger partial charge in [0.1, 0.15) is 6.61 Å². The molecule has 2 rings (SSSR count). The van der Waals surface area contributed by atoms with E-state index in [9.17, 15) is 4.79 Å². The van der Waals surface area contributed by atoms with Gasteiger partial charge in [0.05, 0.1) is 0 Å². The Labute approximate surface area is 137 Å². The SMILES string of the molecule is CC/C=C(\C)C(=O)NCc1cccnc1OCc1ccccc1. The Hall–Kier alpha value is -2.62. The summed E-state index contributed by atoms with van der Waals surface area (Å²) < 4.78 is 5.79. The van der Waals surface area contributed by atoms with Crippen molar-refractivity contribution < 1.29 is 9.53 Å². The van der Waals surface area contributed by atoms with Gasteiger partial charge in [-0.2, -0.15) is 0 Å². The highest BCUT2D eigenvalue weighted by molar-refractivity contribution is 5.92. The van der Waals surface area contributed by atoms with E-state index in [1.165, 1.54) is 0 Å². The van der Waals surface area contributed by atoms with Crippen LogP contribution in [0.4, 0.5) is 0 Å². The lowest BCUT2D eigenvalue weighted by molar-refractivity contribution is -0.117. The zero-order valence-corrected chi connectivity index (χ0v) is 13.6. The van der Waals surface area contributed by atoms with E-state index in [1.807, 2.05) is 62.4 Å². The number of benzene rings is 1. The maximum Gasteiger partial charge on any atom is 0.246 e. The summed E-state index contributed by atoms with van der Waals surface area (Å²) in [5.74, 6) is 0.485. The molecule has 0 aliphatic rings. The summed E-state index contributed by atoms with van der Waals surface area (Å²) >= 11 is 0. The average molecular weight is 310 g/mol. The van der Waals surface area contributed by atoms with Crippen LogP contribution in [0.1, 0.15) is 31.4 Å². The lowest BCUT2D eigenvalue weighted by Crippen LogP contribution is -2.24. The Bertz CT molecular complexity index is 666. The molecule has 0 fully saturated rings. The van der Waals surface area contributed by atoms with Gasteiger partial charge in [-0.1, -0.05) is 49.4 Å². The van der Waals surface area contributed by atoms with Gasteiger partial charge in [0, 0.05) is 23.9 Å². The number of pyridine rings is 1. The molecule has 1 N–H and O–H groups in total. The summed E-state index contributed by atoms with van der Waals surface area (Å²) in [7, 11) is 0. The van der Waals surface area contributed by atoms with Crippen molar-refractivity contribution in [3.63, 3.8) is 0 Å². The number of ether oxygens (including phenoxy) is 1. The number of aromatic nitrogens is 1. The van der Waals surface area contributed by atoms with E-state index < -0.39 is 0 Å². The predicted molar refractivity (Wildman–Crippen MR) is 90.9 cm³/mol. The second kappa shape index (κ2) is 8.73. The fraction of sp³-hybridized carbons (Fsp3) is 0.263. The summed E-state index contributed by atoms with van der Waals surface area (Å²) in [4.78, 5) is 16.2. The molecule has 0 unspecified atom stereocenters. The molecular formula is C19H22N2O2. The highest BCUT2D eigenvalue weighted by Crippen LogP contribution is 2.16. The van der Waals surface area contributed by atoms with Crippen molar-refractivity contribution in [1.82, 2.24) is 10.3 Å². The molecule has 1 aromatic carbocycles. The normalized spacial score (nSPS) is 11.1. The van der Waals surface area contributed by atoms with Crippen molar-refractivity contribution in [2.45, 2.75) is 33.4 Å². The number of amides is 1. The fourth-order valence-electron chi connectivity index (χ4n) is 2.13. The molecule has 0 saturated carbocycles. The number of rotatable bonds is 7. The molecule has 1 amide bonds. The van der Waals surface area contributed by atoms with Crippen LogP contribution >= 0.6 is 0 Å². The first kappa shape index (κ1) is 16.7. The van der Waals surface area contributed by atoms with Crippen molar-refractivity contribution in [2.75, 3.05) is 0 Å². The van der Waals surface area contributed by atoms with Gasteiger partial charge < -0.3 is 10.1 Å². The maximum atomic E-state index is 12.0. The molecule has 4 heteroatoms. The van der Waals surface area contributed by atoms with Gasteiger partial charge in [0.15, 0.2) is 0 Å². The van der Waals surface area contributed by atoms with E-state index in [0.29, 0.717) is 19.0 Å². The minimum Gasteiger partial charge on any atom is -0.473 e. The van der Waals surface area contributed by atoms with Crippen LogP contribution in [0, 0.1) is 0 Å². The van der Waals surface area contributed by atoms with E-state index in [0.717, 1.165) is 23.1 Å². The van der Waals surface area contributed by atoms with Gasteiger partial charge >= 0.3 is 0 Å². The van der Waals surface area contributed by atoms with E-state index >= 15 is 0 Å². The molecule has 120 valence electrons. The van der Waals surface area contributed by atoms with Crippen molar-refractivity contribution in [3.8, 4) is 5.88 Å². The van der Waals surface area contributed by atoms with Crippen LogP contribution in [0.25, 0.3) is 0 Å².